The molecule has 0 atom stereocenters. The van der Waals surface area contributed by atoms with E-state index in [-0.39, 0.29) is 0 Å². The van der Waals surface area contributed by atoms with Crippen LogP contribution in [0, 0.1) is 0 Å². The molecule has 1 saturated heterocycles. The van der Waals surface area contributed by atoms with E-state index in [1.54, 1.807) is 0 Å². The van der Waals surface area contributed by atoms with Crippen LogP contribution in [-0.2, 0) is 0 Å². The SMILES string of the molecule is c1ccc(C(=C2CCCCN2)c2cccs2)cc1. The Bertz CT molecular complexity index is 517. The Balaban J connectivity index is 2.09. The summed E-state index contributed by atoms with van der Waals surface area (Å²) in [6.07, 6.45) is 3.75. The number of hydrogen-bond acceptors (Lipinski definition) is 2. The number of rotatable bonds is 2. The van der Waals surface area contributed by atoms with E-state index in [1.165, 1.54) is 41.0 Å². The molecular formula is C16H17NS. The Morgan fingerprint density at radius 3 is 2.56 bits per heavy atom. The average molecular weight is 255 g/mol. The first-order valence-corrected chi connectivity index (χ1v) is 7.39. The number of allylic oxidation sites excluding steroid dienone is 1. The summed E-state index contributed by atoms with van der Waals surface area (Å²) in [6, 6.07) is 15.1. The zero-order valence-corrected chi connectivity index (χ0v) is 11.2. The van der Waals surface area contributed by atoms with Crippen LogP contribution >= 0.6 is 11.3 Å². The highest BCUT2D eigenvalue weighted by atomic mass is 32.1. The van der Waals surface area contributed by atoms with Crippen molar-refractivity contribution >= 4 is 16.9 Å². The Morgan fingerprint density at radius 2 is 1.89 bits per heavy atom. The molecule has 0 unspecified atom stereocenters. The van der Waals surface area contributed by atoms with Crippen molar-refractivity contribution in [3.05, 3.63) is 64.0 Å². The summed E-state index contributed by atoms with van der Waals surface area (Å²) in [5.74, 6) is 0. The van der Waals surface area contributed by atoms with Crippen molar-refractivity contribution in [2.75, 3.05) is 6.54 Å². The Kier molecular flexibility index (Phi) is 3.47. The van der Waals surface area contributed by atoms with Crippen LogP contribution in [0.1, 0.15) is 29.7 Å². The molecule has 1 fully saturated rings. The molecule has 2 heterocycles. The second-order valence-electron chi connectivity index (χ2n) is 4.58. The molecule has 0 aliphatic carbocycles. The molecule has 1 aromatic carbocycles. The molecule has 92 valence electrons. The maximum atomic E-state index is 3.59. The highest BCUT2D eigenvalue weighted by molar-refractivity contribution is 7.11. The van der Waals surface area contributed by atoms with Crippen LogP contribution in [0.15, 0.2) is 53.5 Å². The lowest BCUT2D eigenvalue weighted by atomic mass is 9.97. The second-order valence-corrected chi connectivity index (χ2v) is 5.53. The minimum Gasteiger partial charge on any atom is -0.388 e. The monoisotopic (exact) mass is 255 g/mol. The van der Waals surface area contributed by atoms with E-state index in [0.29, 0.717) is 0 Å². The van der Waals surface area contributed by atoms with Crippen LogP contribution < -0.4 is 5.32 Å². The predicted molar refractivity (Wildman–Crippen MR) is 78.6 cm³/mol. The Morgan fingerprint density at radius 1 is 1.00 bits per heavy atom. The molecule has 1 nitrogen and oxygen atoms in total. The highest BCUT2D eigenvalue weighted by Crippen LogP contribution is 2.32. The van der Waals surface area contributed by atoms with Gasteiger partial charge in [-0.05, 0) is 36.3 Å². The van der Waals surface area contributed by atoms with E-state index in [9.17, 15) is 0 Å². The van der Waals surface area contributed by atoms with Crippen molar-refractivity contribution in [2.24, 2.45) is 0 Å². The van der Waals surface area contributed by atoms with Crippen molar-refractivity contribution in [3.63, 3.8) is 0 Å². The maximum absolute atomic E-state index is 3.59. The smallest absolute Gasteiger partial charge is 0.0366 e. The van der Waals surface area contributed by atoms with E-state index >= 15 is 0 Å². The van der Waals surface area contributed by atoms with Crippen LogP contribution in [0.5, 0.6) is 0 Å². The van der Waals surface area contributed by atoms with Crippen molar-refractivity contribution in [1.29, 1.82) is 0 Å². The fourth-order valence-electron chi connectivity index (χ4n) is 2.46. The normalized spacial score (nSPS) is 18.2. The standard InChI is InChI=1S/C16H17NS/c1-2-7-13(8-3-1)16(15-10-6-12-18-15)14-9-4-5-11-17-14/h1-3,6-8,10,12,17H,4-5,9,11H2. The minimum atomic E-state index is 1.11. The molecule has 3 rings (SSSR count). The van der Waals surface area contributed by atoms with Gasteiger partial charge >= 0.3 is 0 Å². The van der Waals surface area contributed by atoms with Crippen LogP contribution in [0.2, 0.25) is 0 Å². The van der Waals surface area contributed by atoms with Crippen LogP contribution in [0.4, 0.5) is 0 Å². The van der Waals surface area contributed by atoms with Gasteiger partial charge in [0.25, 0.3) is 0 Å². The zero-order valence-electron chi connectivity index (χ0n) is 10.4. The number of benzene rings is 1. The third-order valence-corrected chi connectivity index (χ3v) is 4.21. The van der Waals surface area contributed by atoms with Gasteiger partial charge in [-0.1, -0.05) is 36.4 Å². The molecular weight excluding hydrogens is 238 g/mol. The summed E-state index contributed by atoms with van der Waals surface area (Å²) in [5, 5.41) is 5.75. The molecule has 1 aliphatic heterocycles. The van der Waals surface area contributed by atoms with Gasteiger partial charge in [-0.25, -0.2) is 0 Å². The zero-order chi connectivity index (χ0) is 12.2. The van der Waals surface area contributed by atoms with E-state index in [2.05, 4.69) is 53.2 Å². The summed E-state index contributed by atoms with van der Waals surface area (Å²) in [7, 11) is 0. The minimum absolute atomic E-state index is 1.11. The predicted octanol–water partition coefficient (Wildman–Crippen LogP) is 4.28. The molecule has 1 aliphatic rings. The van der Waals surface area contributed by atoms with Gasteiger partial charge in [-0.2, -0.15) is 0 Å². The van der Waals surface area contributed by atoms with E-state index in [0.717, 1.165) is 6.54 Å². The molecule has 1 N–H and O–H groups in total. The summed E-state index contributed by atoms with van der Waals surface area (Å²) in [6.45, 7) is 1.11. The fraction of sp³-hybridized carbons (Fsp3) is 0.250. The van der Waals surface area contributed by atoms with Gasteiger partial charge in [-0.3, -0.25) is 0 Å². The molecule has 0 saturated carbocycles. The lowest BCUT2D eigenvalue weighted by molar-refractivity contribution is 0.590. The largest absolute Gasteiger partial charge is 0.388 e. The summed E-state index contributed by atoms with van der Waals surface area (Å²) in [4.78, 5) is 1.37. The number of piperidine rings is 1. The van der Waals surface area contributed by atoms with E-state index in [1.807, 2.05) is 11.3 Å². The van der Waals surface area contributed by atoms with Crippen molar-refractivity contribution in [3.8, 4) is 0 Å². The van der Waals surface area contributed by atoms with Gasteiger partial charge in [0, 0.05) is 22.7 Å². The van der Waals surface area contributed by atoms with Gasteiger partial charge in [0.1, 0.15) is 0 Å². The molecule has 0 spiro atoms. The third kappa shape index (κ3) is 2.34. The van der Waals surface area contributed by atoms with Crippen molar-refractivity contribution in [1.82, 2.24) is 5.32 Å². The summed E-state index contributed by atoms with van der Waals surface area (Å²) in [5.41, 5.74) is 4.13. The molecule has 2 aromatic rings. The Labute approximate surface area is 112 Å². The lowest BCUT2D eigenvalue weighted by Crippen LogP contribution is -2.21. The number of nitrogens with one attached hydrogen (secondary N) is 1. The lowest BCUT2D eigenvalue weighted by Gasteiger charge is -2.21. The van der Waals surface area contributed by atoms with Gasteiger partial charge in [0.15, 0.2) is 0 Å². The molecule has 2 heteroatoms. The van der Waals surface area contributed by atoms with Gasteiger partial charge in [0.2, 0.25) is 0 Å². The first-order chi connectivity index (χ1) is 8.95. The molecule has 0 amide bonds. The number of thiophene rings is 1. The molecule has 1 aromatic heterocycles. The first-order valence-electron chi connectivity index (χ1n) is 6.51. The van der Waals surface area contributed by atoms with E-state index in [4.69, 9.17) is 0 Å². The summed E-state index contributed by atoms with van der Waals surface area (Å²) >= 11 is 1.82. The maximum Gasteiger partial charge on any atom is 0.0366 e. The summed E-state index contributed by atoms with van der Waals surface area (Å²) < 4.78 is 0. The molecule has 0 radical (unpaired) electrons. The molecule has 0 bridgehead atoms. The van der Waals surface area contributed by atoms with Gasteiger partial charge in [0.05, 0.1) is 0 Å². The quantitative estimate of drug-likeness (QED) is 0.844. The second kappa shape index (κ2) is 5.40. The van der Waals surface area contributed by atoms with Crippen LogP contribution in [0.25, 0.3) is 5.57 Å². The average Bonchev–Trinajstić information content (AvgIpc) is 2.95. The topological polar surface area (TPSA) is 12.0 Å². The number of hydrogen-bond donors (Lipinski definition) is 1. The van der Waals surface area contributed by atoms with Crippen molar-refractivity contribution in [2.45, 2.75) is 19.3 Å². The van der Waals surface area contributed by atoms with Crippen LogP contribution in [-0.4, -0.2) is 6.54 Å². The van der Waals surface area contributed by atoms with Crippen molar-refractivity contribution < 1.29 is 0 Å². The van der Waals surface area contributed by atoms with Crippen LogP contribution in [0.3, 0.4) is 0 Å². The Hall–Kier alpha value is -1.54. The van der Waals surface area contributed by atoms with E-state index < -0.39 is 0 Å². The fourth-order valence-corrected chi connectivity index (χ4v) is 3.28. The first kappa shape index (κ1) is 11.5. The van der Waals surface area contributed by atoms with Gasteiger partial charge < -0.3 is 5.32 Å². The highest BCUT2D eigenvalue weighted by Gasteiger charge is 2.14. The third-order valence-electron chi connectivity index (χ3n) is 3.32. The molecule has 18 heavy (non-hydrogen) atoms. The van der Waals surface area contributed by atoms with Gasteiger partial charge in [-0.15, -0.1) is 11.3 Å².